The molecule has 0 bridgehead atoms. The van der Waals surface area contributed by atoms with Crippen molar-refractivity contribution in [2.75, 3.05) is 6.61 Å². The van der Waals surface area contributed by atoms with E-state index in [1.165, 1.54) is 48.6 Å². The average molecular weight is 492 g/mol. The zero-order valence-electron chi connectivity index (χ0n) is 21.9. The Labute approximate surface area is 213 Å². The van der Waals surface area contributed by atoms with E-state index in [4.69, 9.17) is 10.8 Å². The number of carbonyl (C=O) groups excluding carboxylic acids is 1. The van der Waals surface area contributed by atoms with Crippen molar-refractivity contribution in [1.29, 1.82) is 0 Å². The molecule has 0 amide bonds. The third-order valence-electron chi connectivity index (χ3n) is 4.63. The Bertz CT molecular complexity index is 1240. The summed E-state index contributed by atoms with van der Waals surface area (Å²) in [7, 11) is 0. The van der Waals surface area contributed by atoms with Crippen molar-refractivity contribution >= 4 is 17.9 Å². The number of ketones is 1. The molecular formula is C30H37NO5. The molecule has 192 valence electrons. The van der Waals surface area contributed by atoms with Crippen LogP contribution in [0.3, 0.4) is 0 Å². The van der Waals surface area contributed by atoms with Crippen LogP contribution in [0, 0.1) is 12.3 Å². The van der Waals surface area contributed by atoms with E-state index < -0.39 is 0 Å². The number of hydrogen-bond donors (Lipinski definition) is 4. The van der Waals surface area contributed by atoms with Crippen LogP contribution in [0.25, 0.3) is 23.5 Å². The first-order valence-electron chi connectivity index (χ1n) is 12.0. The summed E-state index contributed by atoms with van der Waals surface area (Å²) in [6.45, 7) is 12.3. The van der Waals surface area contributed by atoms with E-state index in [0.717, 1.165) is 0 Å². The SMILES string of the molecule is C#C/C=c1/c(C(=O)c2ccc(O)cc2)c(-c2ccc(O)cc2)o/c1=C/CO.CC.CC(C)NC(C)C. The van der Waals surface area contributed by atoms with Crippen LogP contribution >= 0.6 is 0 Å². The second kappa shape index (κ2) is 15.3. The van der Waals surface area contributed by atoms with Gasteiger partial charge in [0.25, 0.3) is 0 Å². The van der Waals surface area contributed by atoms with Gasteiger partial charge in [-0.05, 0) is 60.7 Å². The van der Waals surface area contributed by atoms with Gasteiger partial charge in [-0.3, -0.25) is 4.79 Å². The van der Waals surface area contributed by atoms with E-state index in [9.17, 15) is 20.1 Å². The lowest BCUT2D eigenvalue weighted by atomic mass is 9.98. The monoisotopic (exact) mass is 491 g/mol. The molecule has 0 aliphatic carbocycles. The molecule has 3 aromatic rings. The highest BCUT2D eigenvalue weighted by Crippen LogP contribution is 2.25. The number of aliphatic hydroxyl groups excluding tert-OH is 1. The smallest absolute Gasteiger partial charge is 0.197 e. The number of aliphatic hydroxyl groups is 1. The number of phenols is 2. The molecule has 3 rings (SSSR count). The Morgan fingerprint density at radius 2 is 1.47 bits per heavy atom. The number of nitrogens with one attached hydrogen (secondary N) is 1. The highest BCUT2D eigenvalue weighted by Gasteiger charge is 2.22. The summed E-state index contributed by atoms with van der Waals surface area (Å²) in [6.07, 6.45) is 8.24. The molecule has 2 aromatic carbocycles. The van der Waals surface area contributed by atoms with Gasteiger partial charge in [0.05, 0.1) is 12.2 Å². The fourth-order valence-electron chi connectivity index (χ4n) is 3.39. The predicted octanol–water partition coefficient (Wildman–Crippen LogP) is 4.19. The van der Waals surface area contributed by atoms with Crippen molar-refractivity contribution in [2.24, 2.45) is 0 Å². The number of phenolic OH excluding ortho intramolecular Hbond substituents is 2. The number of rotatable bonds is 6. The van der Waals surface area contributed by atoms with Gasteiger partial charge in [0, 0.05) is 28.4 Å². The Kier molecular flexibility index (Phi) is 12.8. The van der Waals surface area contributed by atoms with Gasteiger partial charge in [-0.1, -0.05) is 47.5 Å². The summed E-state index contributed by atoms with van der Waals surface area (Å²) in [5.41, 5.74) is 1.43. The molecule has 36 heavy (non-hydrogen) atoms. The van der Waals surface area contributed by atoms with Crippen molar-refractivity contribution in [3.05, 3.63) is 70.3 Å². The van der Waals surface area contributed by atoms with Crippen LogP contribution in [0.15, 0.2) is 52.9 Å². The van der Waals surface area contributed by atoms with Gasteiger partial charge in [0.1, 0.15) is 22.7 Å². The first-order chi connectivity index (χ1) is 17.2. The number of carbonyl (C=O) groups is 1. The summed E-state index contributed by atoms with van der Waals surface area (Å²) in [5, 5.41) is 31.9. The molecule has 1 aromatic heterocycles. The summed E-state index contributed by atoms with van der Waals surface area (Å²) in [5.74, 6) is 2.44. The van der Waals surface area contributed by atoms with Crippen LogP contribution in [0.5, 0.6) is 11.5 Å². The van der Waals surface area contributed by atoms with Crippen LogP contribution in [-0.4, -0.2) is 39.8 Å². The average Bonchev–Trinajstić information content (AvgIpc) is 3.19. The van der Waals surface area contributed by atoms with Gasteiger partial charge < -0.3 is 25.1 Å². The standard InChI is InChI=1S/C22H16O5.C6H15N.C2H6/c1-2-3-18-19(12-13-23)27-22(15-6-10-17(25)11-7-15)20(18)21(26)14-4-8-16(24)9-5-14;1-5(2)7-6(3)4;1-2/h1,3-12,23-25H,13H2;5-7H,1-4H3;1-2H3/b18-3+,19-12+;;. The fourth-order valence-corrected chi connectivity index (χ4v) is 3.39. The molecule has 0 saturated heterocycles. The fraction of sp³-hybridized carbons (Fsp3) is 0.300. The Morgan fingerprint density at radius 3 is 1.89 bits per heavy atom. The van der Waals surface area contributed by atoms with E-state index in [1.54, 1.807) is 12.1 Å². The van der Waals surface area contributed by atoms with Crippen molar-refractivity contribution in [2.45, 2.75) is 53.6 Å². The summed E-state index contributed by atoms with van der Waals surface area (Å²) >= 11 is 0. The van der Waals surface area contributed by atoms with Crippen LogP contribution in [0.4, 0.5) is 0 Å². The van der Waals surface area contributed by atoms with Gasteiger partial charge in [0.2, 0.25) is 0 Å². The lowest BCUT2D eigenvalue weighted by Crippen LogP contribution is -2.29. The number of aromatic hydroxyl groups is 2. The molecule has 0 fully saturated rings. The summed E-state index contributed by atoms with van der Waals surface area (Å²) in [4.78, 5) is 13.2. The molecule has 0 unspecified atom stereocenters. The van der Waals surface area contributed by atoms with E-state index in [2.05, 4.69) is 38.9 Å². The minimum absolute atomic E-state index is 0.0437. The zero-order valence-corrected chi connectivity index (χ0v) is 21.9. The minimum atomic E-state index is -0.346. The van der Waals surface area contributed by atoms with E-state index in [0.29, 0.717) is 28.4 Å². The quantitative estimate of drug-likeness (QED) is 0.305. The lowest BCUT2D eigenvalue weighted by Gasteiger charge is -2.10. The van der Waals surface area contributed by atoms with Crippen molar-refractivity contribution < 1.29 is 24.5 Å². The van der Waals surface area contributed by atoms with E-state index in [-0.39, 0.29) is 40.6 Å². The van der Waals surface area contributed by atoms with Crippen LogP contribution in [0.2, 0.25) is 0 Å². The van der Waals surface area contributed by atoms with Gasteiger partial charge in [-0.25, -0.2) is 0 Å². The molecular weight excluding hydrogens is 454 g/mol. The predicted molar refractivity (Wildman–Crippen MR) is 146 cm³/mol. The number of furan rings is 1. The van der Waals surface area contributed by atoms with Crippen LogP contribution in [0.1, 0.15) is 57.5 Å². The van der Waals surface area contributed by atoms with Gasteiger partial charge in [0.15, 0.2) is 5.78 Å². The Morgan fingerprint density at radius 1 is 0.972 bits per heavy atom. The minimum Gasteiger partial charge on any atom is -0.508 e. The molecule has 6 nitrogen and oxygen atoms in total. The van der Waals surface area contributed by atoms with Crippen molar-refractivity contribution in [3.63, 3.8) is 0 Å². The van der Waals surface area contributed by atoms with E-state index >= 15 is 0 Å². The normalized spacial score (nSPS) is 11.4. The lowest BCUT2D eigenvalue weighted by molar-refractivity contribution is 0.103. The molecule has 0 atom stereocenters. The second-order valence-corrected chi connectivity index (χ2v) is 8.18. The third-order valence-corrected chi connectivity index (χ3v) is 4.63. The molecule has 0 saturated carbocycles. The first-order valence-corrected chi connectivity index (χ1v) is 12.0. The summed E-state index contributed by atoms with van der Waals surface area (Å²) < 4.78 is 5.84. The number of benzene rings is 2. The van der Waals surface area contributed by atoms with E-state index in [1.807, 2.05) is 13.8 Å². The maximum atomic E-state index is 13.2. The van der Waals surface area contributed by atoms with Gasteiger partial charge in [-0.2, -0.15) is 0 Å². The largest absolute Gasteiger partial charge is 0.508 e. The Balaban J connectivity index is 0.000000623. The maximum Gasteiger partial charge on any atom is 0.197 e. The molecule has 1 heterocycles. The highest BCUT2D eigenvalue weighted by molar-refractivity contribution is 6.12. The molecule has 0 aliphatic heterocycles. The highest BCUT2D eigenvalue weighted by atomic mass is 16.3. The summed E-state index contributed by atoms with van der Waals surface area (Å²) in [6, 6.07) is 13.3. The first kappa shape index (κ1) is 30.2. The van der Waals surface area contributed by atoms with Gasteiger partial charge in [-0.15, -0.1) is 6.42 Å². The number of terminal acetylenes is 1. The topological polar surface area (TPSA) is 103 Å². The Hall–Kier alpha value is -3.79. The maximum absolute atomic E-state index is 13.2. The molecule has 0 spiro atoms. The van der Waals surface area contributed by atoms with Gasteiger partial charge >= 0.3 is 0 Å². The van der Waals surface area contributed by atoms with Crippen molar-refractivity contribution in [3.8, 4) is 35.2 Å². The molecule has 6 heteroatoms. The number of hydrogen-bond acceptors (Lipinski definition) is 6. The second-order valence-electron chi connectivity index (χ2n) is 8.18. The van der Waals surface area contributed by atoms with Crippen molar-refractivity contribution in [1.82, 2.24) is 5.32 Å². The van der Waals surface area contributed by atoms with Crippen LogP contribution in [-0.2, 0) is 0 Å². The molecule has 4 N–H and O–H groups in total. The molecule has 0 aliphatic rings. The van der Waals surface area contributed by atoms with Crippen LogP contribution < -0.4 is 16.0 Å². The zero-order chi connectivity index (χ0) is 27.3. The molecule has 0 radical (unpaired) electrons. The third kappa shape index (κ3) is 8.77.